The summed E-state index contributed by atoms with van der Waals surface area (Å²) in [5.74, 6) is 1.55. The molecule has 0 aliphatic heterocycles. The molecule has 1 aliphatic carbocycles. The molecule has 10 heavy (non-hydrogen) atoms. The third-order valence-corrected chi connectivity index (χ3v) is 2.44. The molecule has 1 rings (SSSR count). The third-order valence-electron chi connectivity index (χ3n) is 2.44. The summed E-state index contributed by atoms with van der Waals surface area (Å²) >= 11 is 0. The Hall–Kier alpha value is -0.530. The average Bonchev–Trinajstić information content (AvgIpc) is 2.65. The van der Waals surface area contributed by atoms with Gasteiger partial charge in [0.2, 0.25) is 0 Å². The Bertz CT molecular complexity index is 138. The number of hydrogen-bond donors (Lipinski definition) is 1. The van der Waals surface area contributed by atoms with Gasteiger partial charge in [0.15, 0.2) is 0 Å². The predicted molar refractivity (Wildman–Crippen MR) is 43.3 cm³/mol. The first kappa shape index (κ1) is 7.58. The molecule has 0 aromatic heterocycles. The van der Waals surface area contributed by atoms with Crippen LogP contribution in [0.1, 0.15) is 26.7 Å². The Balaban J connectivity index is 2.38. The topological polar surface area (TPSA) is 27.1 Å². The minimum atomic E-state index is 0.581. The predicted octanol–water partition coefficient (Wildman–Crippen LogP) is 1.71. The SMILES string of the molecule is CC(=N)N(C)C(C)C1CC1. The molecule has 0 amide bonds. The van der Waals surface area contributed by atoms with Gasteiger partial charge in [-0.05, 0) is 32.6 Å². The Morgan fingerprint density at radius 2 is 2.10 bits per heavy atom. The highest BCUT2D eigenvalue weighted by Crippen LogP contribution is 2.34. The maximum absolute atomic E-state index is 7.38. The number of hydrogen-bond acceptors (Lipinski definition) is 1. The van der Waals surface area contributed by atoms with Crippen molar-refractivity contribution < 1.29 is 0 Å². The monoisotopic (exact) mass is 140 g/mol. The summed E-state index contributed by atoms with van der Waals surface area (Å²) in [6.45, 7) is 4.05. The molecule has 2 heteroatoms. The number of rotatable bonds is 2. The highest BCUT2D eigenvalue weighted by molar-refractivity contribution is 5.76. The first-order chi connectivity index (χ1) is 4.63. The van der Waals surface area contributed by atoms with Gasteiger partial charge >= 0.3 is 0 Å². The van der Waals surface area contributed by atoms with Gasteiger partial charge in [-0.2, -0.15) is 0 Å². The standard InChI is InChI=1S/C8H16N2/c1-6(8-4-5-8)10(3)7(2)9/h6,8-9H,4-5H2,1-3H3. The largest absolute Gasteiger partial charge is 0.361 e. The van der Waals surface area contributed by atoms with Gasteiger partial charge in [0.25, 0.3) is 0 Å². The van der Waals surface area contributed by atoms with Crippen molar-refractivity contribution in [1.82, 2.24) is 4.90 Å². The summed E-state index contributed by atoms with van der Waals surface area (Å²) in [6.07, 6.45) is 2.72. The van der Waals surface area contributed by atoms with Crippen LogP contribution in [0.2, 0.25) is 0 Å². The van der Waals surface area contributed by atoms with Crippen molar-refractivity contribution >= 4 is 5.84 Å². The van der Waals surface area contributed by atoms with E-state index in [2.05, 4.69) is 11.8 Å². The van der Waals surface area contributed by atoms with Crippen LogP contribution in [0.5, 0.6) is 0 Å². The fourth-order valence-electron chi connectivity index (χ4n) is 1.20. The van der Waals surface area contributed by atoms with Crippen LogP contribution in [0.25, 0.3) is 0 Å². The van der Waals surface area contributed by atoms with E-state index in [0.29, 0.717) is 11.9 Å². The van der Waals surface area contributed by atoms with E-state index in [1.54, 1.807) is 0 Å². The van der Waals surface area contributed by atoms with Gasteiger partial charge in [0.05, 0.1) is 5.84 Å². The van der Waals surface area contributed by atoms with Gasteiger partial charge in [-0.1, -0.05) is 0 Å². The lowest BCUT2D eigenvalue weighted by molar-refractivity contribution is 0.350. The van der Waals surface area contributed by atoms with E-state index in [1.807, 2.05) is 14.0 Å². The van der Waals surface area contributed by atoms with Crippen molar-refractivity contribution in [2.75, 3.05) is 7.05 Å². The normalized spacial score (nSPS) is 20.3. The quantitative estimate of drug-likeness (QED) is 0.459. The van der Waals surface area contributed by atoms with E-state index in [0.717, 1.165) is 5.92 Å². The Morgan fingerprint density at radius 3 is 2.40 bits per heavy atom. The van der Waals surface area contributed by atoms with Crippen LogP contribution in [0, 0.1) is 11.3 Å². The van der Waals surface area contributed by atoms with E-state index in [9.17, 15) is 0 Å². The molecule has 2 nitrogen and oxygen atoms in total. The highest BCUT2D eigenvalue weighted by atomic mass is 15.2. The molecule has 1 atom stereocenters. The molecule has 1 fully saturated rings. The van der Waals surface area contributed by atoms with Gasteiger partial charge < -0.3 is 4.90 Å². The fraction of sp³-hybridized carbons (Fsp3) is 0.875. The molecule has 0 spiro atoms. The average molecular weight is 140 g/mol. The Morgan fingerprint density at radius 1 is 1.60 bits per heavy atom. The molecule has 58 valence electrons. The Labute approximate surface area is 62.7 Å². The van der Waals surface area contributed by atoms with Gasteiger partial charge in [-0.3, -0.25) is 5.41 Å². The molecule has 0 heterocycles. The van der Waals surface area contributed by atoms with Crippen LogP contribution in [-0.4, -0.2) is 23.8 Å². The van der Waals surface area contributed by atoms with Crippen LogP contribution in [0.4, 0.5) is 0 Å². The molecule has 1 unspecified atom stereocenters. The van der Waals surface area contributed by atoms with E-state index >= 15 is 0 Å². The summed E-state index contributed by atoms with van der Waals surface area (Å²) in [6, 6.07) is 0.581. The molecular formula is C8H16N2. The van der Waals surface area contributed by atoms with E-state index < -0.39 is 0 Å². The Kier molecular flexibility index (Phi) is 1.97. The summed E-state index contributed by atoms with van der Waals surface area (Å²) in [5, 5.41) is 7.38. The van der Waals surface area contributed by atoms with Crippen molar-refractivity contribution in [3.8, 4) is 0 Å². The zero-order valence-electron chi connectivity index (χ0n) is 7.02. The van der Waals surface area contributed by atoms with Gasteiger partial charge in [-0.25, -0.2) is 0 Å². The molecule has 0 aromatic rings. The van der Waals surface area contributed by atoms with Crippen molar-refractivity contribution in [3.05, 3.63) is 0 Å². The maximum atomic E-state index is 7.38. The molecule has 1 aliphatic rings. The van der Waals surface area contributed by atoms with Crippen molar-refractivity contribution in [2.45, 2.75) is 32.7 Å². The summed E-state index contributed by atoms with van der Waals surface area (Å²) in [7, 11) is 2.01. The van der Waals surface area contributed by atoms with Crippen LogP contribution < -0.4 is 0 Å². The first-order valence-electron chi connectivity index (χ1n) is 3.91. The summed E-state index contributed by atoms with van der Waals surface area (Å²) in [5.41, 5.74) is 0. The van der Waals surface area contributed by atoms with Crippen LogP contribution in [0.3, 0.4) is 0 Å². The second-order valence-electron chi connectivity index (χ2n) is 3.27. The van der Waals surface area contributed by atoms with Crippen molar-refractivity contribution in [1.29, 1.82) is 5.41 Å². The smallest absolute Gasteiger partial charge is 0.0925 e. The summed E-state index contributed by atoms with van der Waals surface area (Å²) < 4.78 is 0. The zero-order chi connectivity index (χ0) is 7.72. The van der Waals surface area contributed by atoms with E-state index in [4.69, 9.17) is 5.41 Å². The lowest BCUT2D eigenvalue weighted by atomic mass is 10.2. The number of nitrogens with one attached hydrogen (secondary N) is 1. The van der Waals surface area contributed by atoms with Crippen molar-refractivity contribution in [3.63, 3.8) is 0 Å². The lowest BCUT2D eigenvalue weighted by Crippen LogP contribution is -2.34. The van der Waals surface area contributed by atoms with Gasteiger partial charge in [0, 0.05) is 13.1 Å². The second-order valence-corrected chi connectivity index (χ2v) is 3.27. The number of nitrogens with zero attached hydrogens (tertiary/aromatic N) is 1. The molecule has 0 saturated heterocycles. The molecular weight excluding hydrogens is 124 g/mol. The van der Waals surface area contributed by atoms with Crippen LogP contribution in [-0.2, 0) is 0 Å². The van der Waals surface area contributed by atoms with Gasteiger partial charge in [0.1, 0.15) is 0 Å². The van der Waals surface area contributed by atoms with Crippen LogP contribution >= 0.6 is 0 Å². The number of amidine groups is 1. The molecule has 1 N–H and O–H groups in total. The third kappa shape index (κ3) is 1.49. The maximum Gasteiger partial charge on any atom is 0.0925 e. The van der Waals surface area contributed by atoms with Crippen LogP contribution in [0.15, 0.2) is 0 Å². The molecule has 0 aromatic carbocycles. The molecule has 0 bridgehead atoms. The molecule has 1 saturated carbocycles. The van der Waals surface area contributed by atoms with Crippen molar-refractivity contribution in [2.24, 2.45) is 5.92 Å². The highest BCUT2D eigenvalue weighted by Gasteiger charge is 2.30. The van der Waals surface area contributed by atoms with Gasteiger partial charge in [-0.15, -0.1) is 0 Å². The van der Waals surface area contributed by atoms with E-state index in [1.165, 1.54) is 12.8 Å². The summed E-state index contributed by atoms with van der Waals surface area (Å²) in [4.78, 5) is 2.05. The fourth-order valence-corrected chi connectivity index (χ4v) is 1.20. The first-order valence-corrected chi connectivity index (χ1v) is 3.91. The minimum Gasteiger partial charge on any atom is -0.361 e. The lowest BCUT2D eigenvalue weighted by Gasteiger charge is -2.25. The zero-order valence-corrected chi connectivity index (χ0v) is 7.02. The molecule has 0 radical (unpaired) electrons. The minimum absolute atomic E-state index is 0.581. The second kappa shape index (κ2) is 2.60. The van der Waals surface area contributed by atoms with E-state index in [-0.39, 0.29) is 0 Å².